The fourth-order valence-electron chi connectivity index (χ4n) is 3.96. The summed E-state index contributed by atoms with van der Waals surface area (Å²) in [5, 5.41) is 3.83. The Balaban J connectivity index is 1.99. The Morgan fingerprint density at radius 3 is 2.15 bits per heavy atom. The molecule has 0 aliphatic carbocycles. The molecule has 0 spiro atoms. The van der Waals surface area contributed by atoms with Crippen LogP contribution in [0.1, 0.15) is 31.4 Å². The van der Waals surface area contributed by atoms with Crippen molar-refractivity contribution in [1.29, 1.82) is 0 Å². The maximum atomic E-state index is 13.9. The number of amides is 2. The Labute approximate surface area is 240 Å². The zero-order chi connectivity index (χ0) is 28.6. The Morgan fingerprint density at radius 1 is 0.923 bits per heavy atom. The van der Waals surface area contributed by atoms with Crippen LogP contribution in [0.15, 0.2) is 83.8 Å². The van der Waals surface area contributed by atoms with Crippen molar-refractivity contribution < 1.29 is 18.0 Å². The number of hydrogen-bond donors (Lipinski definition) is 1. The predicted octanol–water partition coefficient (Wildman–Crippen LogP) is 5.17. The molecular weight excluding hydrogens is 557 g/mol. The number of benzene rings is 3. The van der Waals surface area contributed by atoms with Gasteiger partial charge in [0.2, 0.25) is 21.8 Å². The molecule has 10 heteroatoms. The quantitative estimate of drug-likeness (QED) is 0.316. The molecule has 0 aromatic heterocycles. The van der Waals surface area contributed by atoms with Gasteiger partial charge in [0.05, 0.1) is 11.4 Å². The number of sulfonamides is 1. The van der Waals surface area contributed by atoms with E-state index in [4.69, 9.17) is 23.2 Å². The first-order chi connectivity index (χ1) is 18.5. The molecule has 3 rings (SSSR count). The van der Waals surface area contributed by atoms with E-state index >= 15 is 0 Å². The monoisotopic (exact) mass is 589 g/mol. The van der Waals surface area contributed by atoms with Crippen LogP contribution < -0.4 is 5.32 Å². The van der Waals surface area contributed by atoms with Gasteiger partial charge in [0.15, 0.2) is 0 Å². The normalized spacial score (nSPS) is 13.1. The molecule has 39 heavy (non-hydrogen) atoms. The number of halogens is 2. The Kier molecular flexibility index (Phi) is 10.9. The highest BCUT2D eigenvalue weighted by molar-refractivity contribution is 7.89. The van der Waals surface area contributed by atoms with Gasteiger partial charge in [-0.1, -0.05) is 78.7 Å². The molecule has 3 aromatic carbocycles. The predicted molar refractivity (Wildman–Crippen MR) is 155 cm³/mol. The smallest absolute Gasteiger partial charge is 0.243 e. The summed E-state index contributed by atoms with van der Waals surface area (Å²) in [4.78, 5) is 28.9. The Hall–Kier alpha value is -2.91. The fraction of sp³-hybridized carbons (Fsp3) is 0.310. The van der Waals surface area contributed by atoms with Gasteiger partial charge >= 0.3 is 0 Å². The van der Waals surface area contributed by atoms with Gasteiger partial charge in [0.1, 0.15) is 6.04 Å². The maximum Gasteiger partial charge on any atom is 0.243 e. The van der Waals surface area contributed by atoms with Crippen LogP contribution in [0.4, 0.5) is 0 Å². The first-order valence-electron chi connectivity index (χ1n) is 12.6. The van der Waals surface area contributed by atoms with Crippen molar-refractivity contribution in [3.63, 3.8) is 0 Å². The number of rotatable bonds is 12. The molecule has 0 unspecified atom stereocenters. The molecule has 0 radical (unpaired) electrons. The first-order valence-corrected chi connectivity index (χ1v) is 14.8. The topological polar surface area (TPSA) is 86.8 Å². The van der Waals surface area contributed by atoms with Crippen molar-refractivity contribution in [2.24, 2.45) is 0 Å². The van der Waals surface area contributed by atoms with Gasteiger partial charge in [-0.15, -0.1) is 0 Å². The van der Waals surface area contributed by atoms with Crippen LogP contribution in [0.5, 0.6) is 0 Å². The summed E-state index contributed by atoms with van der Waals surface area (Å²) in [6.07, 6.45) is 0.956. The average molecular weight is 591 g/mol. The van der Waals surface area contributed by atoms with Crippen LogP contribution in [0, 0.1) is 0 Å². The van der Waals surface area contributed by atoms with Crippen LogP contribution in [-0.4, -0.2) is 55.1 Å². The van der Waals surface area contributed by atoms with Gasteiger partial charge in [-0.05, 0) is 54.8 Å². The van der Waals surface area contributed by atoms with E-state index in [0.29, 0.717) is 22.0 Å². The van der Waals surface area contributed by atoms with E-state index in [0.717, 1.165) is 9.87 Å². The summed E-state index contributed by atoms with van der Waals surface area (Å²) in [5.74, 6) is -0.855. The van der Waals surface area contributed by atoms with Crippen LogP contribution in [0.25, 0.3) is 0 Å². The third kappa shape index (κ3) is 8.29. The van der Waals surface area contributed by atoms with Crippen molar-refractivity contribution in [2.75, 3.05) is 13.6 Å². The number of carbonyl (C=O) groups is 2. The molecule has 0 bridgehead atoms. The molecule has 208 valence electrons. The van der Waals surface area contributed by atoms with Gasteiger partial charge in [0.25, 0.3) is 0 Å². The number of nitrogens with zero attached hydrogens (tertiary/aromatic N) is 2. The van der Waals surface area contributed by atoms with Crippen molar-refractivity contribution >= 4 is 45.0 Å². The van der Waals surface area contributed by atoms with E-state index < -0.39 is 28.5 Å². The third-order valence-electron chi connectivity index (χ3n) is 6.45. The molecule has 0 fully saturated rings. The summed E-state index contributed by atoms with van der Waals surface area (Å²) in [6.45, 7) is 3.40. The van der Waals surface area contributed by atoms with Crippen LogP contribution in [0.2, 0.25) is 10.0 Å². The van der Waals surface area contributed by atoms with E-state index in [2.05, 4.69) is 5.32 Å². The molecular formula is C29H33Cl2N3O4S. The second-order valence-electron chi connectivity index (χ2n) is 9.35. The summed E-state index contributed by atoms with van der Waals surface area (Å²) < 4.78 is 27.4. The minimum Gasteiger partial charge on any atom is -0.352 e. The number of nitrogens with one attached hydrogen (secondary N) is 1. The Bertz CT molecular complexity index is 1370. The zero-order valence-electron chi connectivity index (χ0n) is 22.2. The minimum absolute atomic E-state index is 0.00945. The lowest BCUT2D eigenvalue weighted by Crippen LogP contribution is -2.54. The third-order valence-corrected chi connectivity index (χ3v) is 8.89. The van der Waals surface area contributed by atoms with E-state index in [1.807, 2.05) is 44.2 Å². The molecule has 2 amide bonds. The van der Waals surface area contributed by atoms with Crippen LogP contribution in [-0.2, 0) is 32.6 Å². The van der Waals surface area contributed by atoms with Gasteiger partial charge in [-0.2, -0.15) is 4.31 Å². The first kappa shape index (κ1) is 30.6. The SMILES string of the molecule is CC[C@@H](C)NC(=O)[C@H](Cc1ccccc1)N(Cc1ccccc1Cl)C(=O)CN(C)S(=O)(=O)c1ccc(Cl)cc1. The lowest BCUT2D eigenvalue weighted by molar-refractivity contribution is -0.141. The molecule has 0 aliphatic heterocycles. The Morgan fingerprint density at radius 2 is 1.54 bits per heavy atom. The van der Waals surface area contributed by atoms with Crippen molar-refractivity contribution in [1.82, 2.24) is 14.5 Å². The minimum atomic E-state index is -3.99. The van der Waals surface area contributed by atoms with Crippen LogP contribution in [0.3, 0.4) is 0 Å². The van der Waals surface area contributed by atoms with Gasteiger partial charge in [0, 0.05) is 36.1 Å². The number of likely N-dealkylation sites (N-methyl/N-ethyl adjacent to an activating group) is 1. The largest absolute Gasteiger partial charge is 0.352 e. The van der Waals surface area contributed by atoms with E-state index in [-0.39, 0.29) is 29.8 Å². The highest BCUT2D eigenvalue weighted by atomic mass is 35.5. The lowest BCUT2D eigenvalue weighted by atomic mass is 10.0. The van der Waals surface area contributed by atoms with Crippen molar-refractivity contribution in [2.45, 2.75) is 50.2 Å². The zero-order valence-corrected chi connectivity index (χ0v) is 24.5. The molecule has 3 aromatic rings. The number of carbonyl (C=O) groups excluding carboxylic acids is 2. The fourth-order valence-corrected chi connectivity index (χ4v) is 5.40. The second-order valence-corrected chi connectivity index (χ2v) is 12.2. The number of hydrogen-bond acceptors (Lipinski definition) is 4. The second kappa shape index (κ2) is 13.9. The van der Waals surface area contributed by atoms with Gasteiger partial charge < -0.3 is 10.2 Å². The van der Waals surface area contributed by atoms with E-state index in [1.165, 1.54) is 36.2 Å². The molecule has 1 N–H and O–H groups in total. The molecule has 0 aliphatic rings. The van der Waals surface area contributed by atoms with Crippen molar-refractivity contribution in [3.05, 3.63) is 100 Å². The standard InChI is InChI=1S/C29H33Cl2N3O4S/c1-4-21(2)32-29(36)27(18-22-10-6-5-7-11-22)34(19-23-12-8-9-13-26(23)31)28(35)20-33(3)39(37,38)25-16-14-24(30)15-17-25/h5-17,21,27H,4,18-20H2,1-3H3,(H,32,36)/t21-,27+/m1/s1. The summed E-state index contributed by atoms with van der Waals surface area (Å²) in [6, 6.07) is 21.2. The molecule has 7 nitrogen and oxygen atoms in total. The summed E-state index contributed by atoms with van der Waals surface area (Å²) in [7, 11) is -2.66. The van der Waals surface area contributed by atoms with Crippen molar-refractivity contribution in [3.8, 4) is 0 Å². The van der Waals surface area contributed by atoms with Crippen LogP contribution >= 0.6 is 23.2 Å². The molecule has 0 heterocycles. The van der Waals surface area contributed by atoms with Gasteiger partial charge in [-0.25, -0.2) is 8.42 Å². The van der Waals surface area contributed by atoms with E-state index in [1.54, 1.807) is 24.3 Å². The summed E-state index contributed by atoms with van der Waals surface area (Å²) in [5.41, 5.74) is 1.51. The summed E-state index contributed by atoms with van der Waals surface area (Å²) >= 11 is 12.4. The molecule has 0 saturated carbocycles. The highest BCUT2D eigenvalue weighted by Gasteiger charge is 2.33. The molecule has 2 atom stereocenters. The maximum absolute atomic E-state index is 13.9. The molecule has 0 saturated heterocycles. The van der Waals surface area contributed by atoms with Gasteiger partial charge in [-0.3, -0.25) is 9.59 Å². The highest BCUT2D eigenvalue weighted by Crippen LogP contribution is 2.22. The lowest BCUT2D eigenvalue weighted by Gasteiger charge is -2.33. The van der Waals surface area contributed by atoms with E-state index in [9.17, 15) is 18.0 Å². The average Bonchev–Trinajstić information content (AvgIpc) is 2.92.